The molecule has 0 bridgehead atoms. The highest BCUT2D eigenvalue weighted by atomic mass is 32.2. The van der Waals surface area contributed by atoms with Gasteiger partial charge in [0.05, 0.1) is 18.9 Å². The predicted molar refractivity (Wildman–Crippen MR) is 94.9 cm³/mol. The Bertz CT molecular complexity index is 757. The van der Waals surface area contributed by atoms with Gasteiger partial charge in [0.25, 0.3) is 0 Å². The number of hydrogen-bond donors (Lipinski definition) is 1. The Kier molecular flexibility index (Phi) is 6.23. The van der Waals surface area contributed by atoms with Crippen molar-refractivity contribution in [1.82, 2.24) is 4.72 Å². The van der Waals surface area contributed by atoms with Gasteiger partial charge < -0.3 is 9.47 Å². The van der Waals surface area contributed by atoms with Gasteiger partial charge in [-0.15, -0.1) is 0 Å². The first kappa shape index (κ1) is 18.3. The molecule has 0 fully saturated rings. The Morgan fingerprint density at radius 2 is 1.75 bits per heavy atom. The quantitative estimate of drug-likeness (QED) is 0.796. The van der Waals surface area contributed by atoms with Crippen molar-refractivity contribution in [2.24, 2.45) is 0 Å². The normalized spacial score (nSPS) is 12.6. The first-order chi connectivity index (χ1) is 11.4. The van der Waals surface area contributed by atoms with Crippen molar-refractivity contribution in [2.75, 3.05) is 13.7 Å². The zero-order valence-corrected chi connectivity index (χ0v) is 15.0. The monoisotopic (exact) mass is 349 g/mol. The minimum Gasteiger partial charge on any atom is -0.497 e. The van der Waals surface area contributed by atoms with Gasteiger partial charge in [0.1, 0.15) is 18.1 Å². The molecular formula is C18H23NO4S. The first-order valence-electron chi connectivity index (χ1n) is 7.70. The van der Waals surface area contributed by atoms with Gasteiger partial charge >= 0.3 is 0 Å². The van der Waals surface area contributed by atoms with Crippen molar-refractivity contribution < 1.29 is 17.9 Å². The third kappa shape index (κ3) is 5.86. The van der Waals surface area contributed by atoms with Crippen molar-refractivity contribution in [3.63, 3.8) is 0 Å². The van der Waals surface area contributed by atoms with Crippen molar-refractivity contribution in [3.8, 4) is 11.5 Å². The van der Waals surface area contributed by atoms with Gasteiger partial charge in [-0.2, -0.15) is 0 Å². The lowest BCUT2D eigenvalue weighted by atomic mass is 10.2. The maximum Gasteiger partial charge on any atom is 0.216 e. The van der Waals surface area contributed by atoms with E-state index in [-0.39, 0.29) is 18.4 Å². The van der Waals surface area contributed by atoms with Crippen LogP contribution in [-0.4, -0.2) is 28.2 Å². The van der Waals surface area contributed by atoms with E-state index in [0.29, 0.717) is 5.75 Å². The summed E-state index contributed by atoms with van der Waals surface area (Å²) in [4.78, 5) is 0. The summed E-state index contributed by atoms with van der Waals surface area (Å²) in [5.74, 6) is 1.37. The van der Waals surface area contributed by atoms with E-state index >= 15 is 0 Å². The number of aryl methyl sites for hydroxylation is 1. The van der Waals surface area contributed by atoms with Crippen LogP contribution in [0.2, 0.25) is 0 Å². The Morgan fingerprint density at radius 1 is 1.08 bits per heavy atom. The van der Waals surface area contributed by atoms with E-state index < -0.39 is 10.0 Å². The zero-order valence-electron chi connectivity index (χ0n) is 14.2. The Balaban J connectivity index is 1.86. The van der Waals surface area contributed by atoms with Crippen LogP contribution in [0.4, 0.5) is 0 Å². The van der Waals surface area contributed by atoms with Crippen LogP contribution in [0.15, 0.2) is 48.5 Å². The summed E-state index contributed by atoms with van der Waals surface area (Å²) >= 11 is 0. The van der Waals surface area contributed by atoms with Gasteiger partial charge in [-0.3, -0.25) is 0 Å². The molecule has 130 valence electrons. The second-order valence-electron chi connectivity index (χ2n) is 5.75. The molecule has 0 aliphatic rings. The number of benzene rings is 2. The summed E-state index contributed by atoms with van der Waals surface area (Å²) in [7, 11) is -1.82. The zero-order chi connectivity index (χ0) is 17.6. The summed E-state index contributed by atoms with van der Waals surface area (Å²) in [5, 5.41) is 0. The first-order valence-corrected chi connectivity index (χ1v) is 9.35. The van der Waals surface area contributed by atoms with Gasteiger partial charge in [-0.1, -0.05) is 29.8 Å². The largest absolute Gasteiger partial charge is 0.497 e. The Labute approximate surface area is 143 Å². The molecule has 0 aromatic heterocycles. The highest BCUT2D eigenvalue weighted by molar-refractivity contribution is 7.88. The molecule has 2 aromatic carbocycles. The van der Waals surface area contributed by atoms with Crippen LogP contribution in [0.25, 0.3) is 0 Å². The summed E-state index contributed by atoms with van der Waals surface area (Å²) < 4.78 is 37.8. The van der Waals surface area contributed by atoms with E-state index in [4.69, 9.17) is 9.47 Å². The summed E-state index contributed by atoms with van der Waals surface area (Å²) in [5.41, 5.74) is 1.81. The van der Waals surface area contributed by atoms with Crippen molar-refractivity contribution in [2.45, 2.75) is 25.6 Å². The van der Waals surface area contributed by atoms with E-state index in [9.17, 15) is 8.42 Å². The lowest BCUT2D eigenvalue weighted by molar-refractivity contribution is 0.287. The molecule has 5 nitrogen and oxygen atoms in total. The van der Waals surface area contributed by atoms with Gasteiger partial charge in [0, 0.05) is 0 Å². The number of ether oxygens (including phenoxy) is 2. The molecule has 2 rings (SSSR count). The van der Waals surface area contributed by atoms with E-state index in [0.717, 1.165) is 16.9 Å². The van der Waals surface area contributed by atoms with Gasteiger partial charge in [-0.25, -0.2) is 13.1 Å². The predicted octanol–water partition coefficient (Wildman–Crippen LogP) is 2.89. The van der Waals surface area contributed by atoms with Crippen LogP contribution in [0.1, 0.15) is 18.1 Å². The number of sulfonamides is 1. The van der Waals surface area contributed by atoms with Crippen LogP contribution in [0.5, 0.6) is 11.5 Å². The minimum atomic E-state index is -3.42. The molecule has 1 atom stereocenters. The number of rotatable bonds is 8. The Morgan fingerprint density at radius 3 is 2.38 bits per heavy atom. The summed E-state index contributed by atoms with van der Waals surface area (Å²) in [6.45, 7) is 3.96. The highest BCUT2D eigenvalue weighted by Crippen LogP contribution is 2.17. The van der Waals surface area contributed by atoms with Crippen molar-refractivity contribution >= 4 is 10.0 Å². The SMILES string of the molecule is COc1ccc(OCC(C)NS(=O)(=O)Cc2cccc(C)c2)cc1. The second kappa shape index (κ2) is 8.17. The molecule has 0 heterocycles. The molecule has 0 saturated heterocycles. The summed E-state index contributed by atoms with van der Waals surface area (Å²) in [6.07, 6.45) is 0. The molecule has 2 aromatic rings. The maximum absolute atomic E-state index is 12.2. The van der Waals surface area contributed by atoms with Gasteiger partial charge in [0.15, 0.2) is 0 Å². The molecule has 0 aliphatic heterocycles. The summed E-state index contributed by atoms with van der Waals surface area (Å²) in [6, 6.07) is 14.3. The number of methoxy groups -OCH3 is 1. The number of nitrogens with one attached hydrogen (secondary N) is 1. The van der Waals surface area contributed by atoms with Crippen LogP contribution in [0, 0.1) is 6.92 Å². The lowest BCUT2D eigenvalue weighted by Gasteiger charge is -2.15. The average Bonchev–Trinajstić information content (AvgIpc) is 2.52. The smallest absolute Gasteiger partial charge is 0.216 e. The fourth-order valence-corrected chi connectivity index (χ4v) is 3.68. The van der Waals surface area contributed by atoms with Crippen LogP contribution >= 0.6 is 0 Å². The van der Waals surface area contributed by atoms with E-state index in [1.807, 2.05) is 31.2 Å². The molecule has 0 saturated carbocycles. The van der Waals surface area contributed by atoms with Gasteiger partial charge in [-0.05, 0) is 43.7 Å². The van der Waals surface area contributed by atoms with Crippen LogP contribution < -0.4 is 14.2 Å². The third-order valence-electron chi connectivity index (χ3n) is 3.38. The van der Waals surface area contributed by atoms with E-state index in [1.165, 1.54) is 0 Å². The molecule has 0 radical (unpaired) electrons. The van der Waals surface area contributed by atoms with Crippen molar-refractivity contribution in [1.29, 1.82) is 0 Å². The van der Waals surface area contributed by atoms with Crippen molar-refractivity contribution in [3.05, 3.63) is 59.7 Å². The Hall–Kier alpha value is -2.05. The fraction of sp³-hybridized carbons (Fsp3) is 0.333. The van der Waals surface area contributed by atoms with Crippen LogP contribution in [-0.2, 0) is 15.8 Å². The molecule has 0 aliphatic carbocycles. The molecule has 1 N–H and O–H groups in total. The molecule has 0 amide bonds. The molecule has 6 heteroatoms. The third-order valence-corrected chi connectivity index (χ3v) is 4.85. The topological polar surface area (TPSA) is 64.6 Å². The van der Waals surface area contributed by atoms with Gasteiger partial charge in [0.2, 0.25) is 10.0 Å². The standard InChI is InChI=1S/C18H23NO4S/c1-14-5-4-6-16(11-14)13-24(20,21)19-15(2)12-23-18-9-7-17(22-3)8-10-18/h4-11,15,19H,12-13H2,1-3H3. The molecule has 24 heavy (non-hydrogen) atoms. The highest BCUT2D eigenvalue weighted by Gasteiger charge is 2.16. The fourth-order valence-electron chi connectivity index (χ4n) is 2.30. The molecule has 0 spiro atoms. The molecule has 1 unspecified atom stereocenters. The second-order valence-corrected chi connectivity index (χ2v) is 7.51. The molecular weight excluding hydrogens is 326 g/mol. The lowest BCUT2D eigenvalue weighted by Crippen LogP contribution is -2.37. The van der Waals surface area contributed by atoms with E-state index in [1.54, 1.807) is 38.3 Å². The minimum absolute atomic E-state index is 0.0401. The van der Waals surface area contributed by atoms with Crippen LogP contribution in [0.3, 0.4) is 0 Å². The maximum atomic E-state index is 12.2. The average molecular weight is 349 g/mol. The van der Waals surface area contributed by atoms with E-state index in [2.05, 4.69) is 4.72 Å². The number of hydrogen-bond acceptors (Lipinski definition) is 4.